The Kier molecular flexibility index (Phi) is 8.56. The molecule has 0 spiro atoms. The van der Waals surface area contributed by atoms with E-state index in [1.54, 1.807) is 0 Å². The lowest BCUT2D eigenvalue weighted by Crippen LogP contribution is -2.46. The Morgan fingerprint density at radius 1 is 1.47 bits per heavy atom. The van der Waals surface area contributed by atoms with Gasteiger partial charge in [0.1, 0.15) is 6.04 Å². The van der Waals surface area contributed by atoms with Crippen LogP contribution < -0.4 is 11.1 Å². The predicted molar refractivity (Wildman–Crippen MR) is 77.7 cm³/mol. The van der Waals surface area contributed by atoms with Gasteiger partial charge in [-0.25, -0.2) is 8.42 Å². The van der Waals surface area contributed by atoms with Gasteiger partial charge in [-0.05, 0) is 32.2 Å². The molecule has 1 rings (SSSR count). The smallest absolute Gasteiger partial charge is 0.238 e. The molecular formula is C11H24ClN3O3S. The summed E-state index contributed by atoms with van der Waals surface area (Å²) in [6.07, 6.45) is 2.63. The molecule has 1 unspecified atom stereocenters. The van der Waals surface area contributed by atoms with Crippen molar-refractivity contribution in [1.29, 1.82) is 0 Å². The second kappa shape index (κ2) is 8.73. The molecule has 0 aromatic rings. The maximum absolute atomic E-state index is 12.0. The third-order valence-electron chi connectivity index (χ3n) is 3.01. The van der Waals surface area contributed by atoms with Crippen molar-refractivity contribution in [2.45, 2.75) is 38.6 Å². The Labute approximate surface area is 121 Å². The first-order chi connectivity index (χ1) is 8.53. The van der Waals surface area contributed by atoms with Crippen LogP contribution in [0.4, 0.5) is 0 Å². The zero-order valence-corrected chi connectivity index (χ0v) is 12.9. The topological polar surface area (TPSA) is 92.5 Å². The molecule has 1 heterocycles. The van der Waals surface area contributed by atoms with Crippen LogP contribution >= 0.6 is 12.4 Å². The van der Waals surface area contributed by atoms with Crippen LogP contribution in [-0.2, 0) is 14.8 Å². The van der Waals surface area contributed by atoms with Gasteiger partial charge < -0.3 is 11.1 Å². The van der Waals surface area contributed by atoms with Gasteiger partial charge in [-0.2, -0.15) is 4.31 Å². The standard InChI is InChI=1S/C11H23N3O3S.ClH/c1-2-9-18(16,17)14-8-3-5-10(14)11(15)13-7-4-6-12;/h10H,2-9,12H2,1H3,(H,13,15);1H. The number of nitrogens with two attached hydrogens (primary N) is 1. The van der Waals surface area contributed by atoms with E-state index in [4.69, 9.17) is 5.73 Å². The Bertz CT molecular complexity index is 375. The lowest BCUT2D eigenvalue weighted by Gasteiger charge is -2.23. The summed E-state index contributed by atoms with van der Waals surface area (Å²) in [5.74, 6) is -0.0832. The van der Waals surface area contributed by atoms with Crippen molar-refractivity contribution in [2.24, 2.45) is 5.73 Å². The highest BCUT2D eigenvalue weighted by atomic mass is 35.5. The van der Waals surface area contributed by atoms with Gasteiger partial charge in [-0.15, -0.1) is 12.4 Å². The highest BCUT2D eigenvalue weighted by molar-refractivity contribution is 7.89. The third-order valence-corrected chi connectivity index (χ3v) is 5.08. The zero-order chi connectivity index (χ0) is 13.6. The van der Waals surface area contributed by atoms with Gasteiger partial charge in [0.15, 0.2) is 0 Å². The van der Waals surface area contributed by atoms with Crippen molar-refractivity contribution in [3.63, 3.8) is 0 Å². The van der Waals surface area contributed by atoms with E-state index in [9.17, 15) is 13.2 Å². The first-order valence-electron chi connectivity index (χ1n) is 6.50. The molecule has 0 radical (unpaired) electrons. The number of amides is 1. The number of nitrogens with zero attached hydrogens (tertiary/aromatic N) is 1. The fraction of sp³-hybridized carbons (Fsp3) is 0.909. The van der Waals surface area contributed by atoms with Crippen molar-refractivity contribution >= 4 is 28.3 Å². The van der Waals surface area contributed by atoms with E-state index in [1.807, 2.05) is 6.92 Å². The Hall–Kier alpha value is -0.370. The zero-order valence-electron chi connectivity index (χ0n) is 11.3. The molecule has 114 valence electrons. The molecule has 0 aromatic heterocycles. The molecule has 3 N–H and O–H groups in total. The first kappa shape index (κ1) is 18.6. The number of hydrogen-bond donors (Lipinski definition) is 2. The number of halogens is 1. The number of sulfonamides is 1. The summed E-state index contributed by atoms with van der Waals surface area (Å²) in [7, 11) is -3.29. The van der Waals surface area contributed by atoms with Crippen LogP contribution in [0.2, 0.25) is 0 Å². The van der Waals surface area contributed by atoms with Gasteiger partial charge in [0, 0.05) is 13.1 Å². The fourth-order valence-corrected chi connectivity index (χ4v) is 3.89. The number of nitrogens with one attached hydrogen (secondary N) is 1. The van der Waals surface area contributed by atoms with Crippen molar-refractivity contribution < 1.29 is 13.2 Å². The van der Waals surface area contributed by atoms with E-state index in [-0.39, 0.29) is 24.1 Å². The number of rotatable bonds is 7. The summed E-state index contributed by atoms with van der Waals surface area (Å²) in [5, 5.41) is 2.74. The van der Waals surface area contributed by atoms with E-state index in [1.165, 1.54) is 4.31 Å². The molecule has 1 aliphatic heterocycles. The fourth-order valence-electron chi connectivity index (χ4n) is 2.14. The second-order valence-electron chi connectivity index (χ2n) is 4.52. The molecule has 1 fully saturated rings. The van der Waals surface area contributed by atoms with Gasteiger partial charge in [-0.1, -0.05) is 6.92 Å². The van der Waals surface area contributed by atoms with Gasteiger partial charge in [-0.3, -0.25) is 4.79 Å². The third kappa shape index (κ3) is 5.25. The number of hydrogen-bond acceptors (Lipinski definition) is 4. The molecule has 6 nitrogen and oxygen atoms in total. The highest BCUT2D eigenvalue weighted by Crippen LogP contribution is 2.21. The minimum absolute atomic E-state index is 0. The molecule has 0 aliphatic carbocycles. The molecule has 0 saturated carbocycles. The molecule has 8 heteroatoms. The monoisotopic (exact) mass is 313 g/mol. The predicted octanol–water partition coefficient (Wildman–Crippen LogP) is 0.0774. The van der Waals surface area contributed by atoms with Gasteiger partial charge in [0.2, 0.25) is 15.9 Å². The SMILES string of the molecule is CCCS(=O)(=O)N1CCCC1C(=O)NCCCN.Cl. The van der Waals surface area contributed by atoms with Gasteiger partial charge in [0.05, 0.1) is 5.75 Å². The lowest BCUT2D eigenvalue weighted by molar-refractivity contribution is -0.124. The molecule has 1 aliphatic rings. The van der Waals surface area contributed by atoms with Crippen LogP contribution in [0.25, 0.3) is 0 Å². The van der Waals surface area contributed by atoms with E-state index >= 15 is 0 Å². The summed E-state index contributed by atoms with van der Waals surface area (Å²) in [4.78, 5) is 11.9. The van der Waals surface area contributed by atoms with Crippen molar-refractivity contribution in [3.05, 3.63) is 0 Å². The largest absolute Gasteiger partial charge is 0.355 e. The van der Waals surface area contributed by atoms with Crippen LogP contribution in [0, 0.1) is 0 Å². The van der Waals surface area contributed by atoms with Crippen LogP contribution in [0.1, 0.15) is 32.6 Å². The summed E-state index contributed by atoms with van der Waals surface area (Å²) in [5.41, 5.74) is 5.35. The van der Waals surface area contributed by atoms with Crippen LogP contribution in [0.3, 0.4) is 0 Å². The minimum atomic E-state index is -3.29. The number of carbonyl (C=O) groups excluding carboxylic acids is 1. The normalized spacial score (nSPS) is 20.0. The van der Waals surface area contributed by atoms with E-state index < -0.39 is 16.1 Å². The van der Waals surface area contributed by atoms with Crippen LogP contribution in [0.5, 0.6) is 0 Å². The Balaban J connectivity index is 0.00000324. The van der Waals surface area contributed by atoms with Crippen molar-refractivity contribution in [1.82, 2.24) is 9.62 Å². The highest BCUT2D eigenvalue weighted by Gasteiger charge is 2.37. The number of carbonyl (C=O) groups is 1. The van der Waals surface area contributed by atoms with Crippen LogP contribution in [0.15, 0.2) is 0 Å². The molecule has 1 amide bonds. The first-order valence-corrected chi connectivity index (χ1v) is 8.11. The molecule has 1 saturated heterocycles. The molecule has 0 bridgehead atoms. The summed E-state index contributed by atoms with van der Waals surface area (Å²) in [6, 6.07) is -0.528. The average Bonchev–Trinajstić information content (AvgIpc) is 2.78. The molecular weight excluding hydrogens is 290 g/mol. The Morgan fingerprint density at radius 3 is 2.74 bits per heavy atom. The van der Waals surface area contributed by atoms with Crippen molar-refractivity contribution in [3.8, 4) is 0 Å². The summed E-state index contributed by atoms with van der Waals surface area (Å²) < 4.78 is 25.4. The maximum atomic E-state index is 12.0. The minimum Gasteiger partial charge on any atom is -0.355 e. The molecule has 19 heavy (non-hydrogen) atoms. The maximum Gasteiger partial charge on any atom is 0.238 e. The molecule has 0 aromatic carbocycles. The van der Waals surface area contributed by atoms with Gasteiger partial charge in [0.25, 0.3) is 0 Å². The van der Waals surface area contributed by atoms with E-state index in [0.29, 0.717) is 38.9 Å². The average molecular weight is 314 g/mol. The molecule has 1 atom stereocenters. The van der Waals surface area contributed by atoms with Crippen molar-refractivity contribution in [2.75, 3.05) is 25.4 Å². The summed E-state index contributed by atoms with van der Waals surface area (Å²) in [6.45, 7) is 3.30. The van der Waals surface area contributed by atoms with E-state index in [2.05, 4.69) is 5.32 Å². The van der Waals surface area contributed by atoms with Gasteiger partial charge >= 0.3 is 0 Å². The van der Waals surface area contributed by atoms with E-state index in [0.717, 1.165) is 6.42 Å². The lowest BCUT2D eigenvalue weighted by atomic mass is 10.2. The Morgan fingerprint density at radius 2 is 2.16 bits per heavy atom. The second-order valence-corrected chi connectivity index (χ2v) is 6.56. The summed E-state index contributed by atoms with van der Waals surface area (Å²) >= 11 is 0. The van der Waals surface area contributed by atoms with Crippen LogP contribution in [-0.4, -0.2) is 50.1 Å². The quantitative estimate of drug-likeness (QED) is 0.651.